The number of carbonyl (C=O) groups is 1. The normalized spacial score (nSPS) is 13.3. The van der Waals surface area contributed by atoms with E-state index in [1.54, 1.807) is 13.0 Å². The quantitative estimate of drug-likeness (QED) is 0.404. The number of rotatable bonds is 9. The maximum absolute atomic E-state index is 10.6. The predicted octanol–water partition coefficient (Wildman–Crippen LogP) is 4.52. The SMILES string of the molecule is CCC(C)CCCCCCC=CC(C)=O. The molecule has 0 aliphatic heterocycles. The van der Waals surface area contributed by atoms with Crippen molar-refractivity contribution in [2.75, 3.05) is 0 Å². The number of hydrogen-bond donors (Lipinski definition) is 0. The highest BCUT2D eigenvalue weighted by molar-refractivity contribution is 5.87. The summed E-state index contributed by atoms with van der Waals surface area (Å²) in [5, 5.41) is 0. The summed E-state index contributed by atoms with van der Waals surface area (Å²) in [7, 11) is 0. The Morgan fingerprint density at radius 3 is 2.47 bits per heavy atom. The van der Waals surface area contributed by atoms with E-state index in [1.165, 1.54) is 38.5 Å². The average Bonchev–Trinajstić information content (AvgIpc) is 2.21. The van der Waals surface area contributed by atoms with Crippen molar-refractivity contribution in [1.82, 2.24) is 0 Å². The minimum absolute atomic E-state index is 0.159. The average molecular weight is 210 g/mol. The van der Waals surface area contributed by atoms with Crippen LogP contribution in [0.4, 0.5) is 0 Å². The molecule has 1 heteroatoms. The van der Waals surface area contributed by atoms with E-state index in [0.717, 1.165) is 12.3 Å². The molecule has 0 heterocycles. The maximum Gasteiger partial charge on any atom is 0.152 e. The first-order valence-electron chi connectivity index (χ1n) is 6.34. The molecule has 0 spiro atoms. The summed E-state index contributed by atoms with van der Waals surface area (Å²) in [6, 6.07) is 0. The molecule has 0 rings (SSSR count). The largest absolute Gasteiger partial charge is 0.295 e. The Kier molecular flexibility index (Phi) is 9.55. The molecule has 0 N–H and O–H groups in total. The zero-order valence-electron chi connectivity index (χ0n) is 10.6. The second kappa shape index (κ2) is 9.95. The lowest BCUT2D eigenvalue weighted by atomic mass is 10.00. The van der Waals surface area contributed by atoms with Crippen molar-refractivity contribution in [1.29, 1.82) is 0 Å². The third-order valence-electron chi connectivity index (χ3n) is 2.87. The second-order valence-corrected chi connectivity index (χ2v) is 4.52. The van der Waals surface area contributed by atoms with Gasteiger partial charge in [-0.25, -0.2) is 0 Å². The number of unbranched alkanes of at least 4 members (excludes halogenated alkanes) is 4. The van der Waals surface area contributed by atoms with Gasteiger partial charge >= 0.3 is 0 Å². The van der Waals surface area contributed by atoms with E-state index in [-0.39, 0.29) is 5.78 Å². The van der Waals surface area contributed by atoms with Gasteiger partial charge in [-0.15, -0.1) is 0 Å². The van der Waals surface area contributed by atoms with Crippen molar-refractivity contribution >= 4 is 5.78 Å². The predicted molar refractivity (Wildman–Crippen MR) is 67.0 cm³/mol. The highest BCUT2D eigenvalue weighted by atomic mass is 16.1. The van der Waals surface area contributed by atoms with Crippen molar-refractivity contribution in [3.63, 3.8) is 0 Å². The Balaban J connectivity index is 3.15. The van der Waals surface area contributed by atoms with E-state index >= 15 is 0 Å². The van der Waals surface area contributed by atoms with Crippen LogP contribution in [-0.2, 0) is 4.79 Å². The third kappa shape index (κ3) is 11.3. The molecule has 0 bridgehead atoms. The van der Waals surface area contributed by atoms with Crippen LogP contribution >= 0.6 is 0 Å². The van der Waals surface area contributed by atoms with Crippen LogP contribution in [0.2, 0.25) is 0 Å². The lowest BCUT2D eigenvalue weighted by molar-refractivity contribution is -0.112. The molecule has 0 aliphatic carbocycles. The number of allylic oxidation sites excluding steroid dienone is 2. The van der Waals surface area contributed by atoms with Crippen molar-refractivity contribution in [2.24, 2.45) is 5.92 Å². The van der Waals surface area contributed by atoms with Gasteiger partial charge in [-0.05, 0) is 31.8 Å². The molecule has 1 atom stereocenters. The number of carbonyl (C=O) groups excluding carboxylic acids is 1. The topological polar surface area (TPSA) is 17.1 Å². The minimum atomic E-state index is 0.159. The highest BCUT2D eigenvalue weighted by Crippen LogP contribution is 2.13. The third-order valence-corrected chi connectivity index (χ3v) is 2.87. The molecule has 0 aromatic heterocycles. The first kappa shape index (κ1) is 14.4. The van der Waals surface area contributed by atoms with E-state index < -0.39 is 0 Å². The number of hydrogen-bond acceptors (Lipinski definition) is 1. The van der Waals surface area contributed by atoms with Crippen LogP contribution in [0.5, 0.6) is 0 Å². The molecule has 0 radical (unpaired) electrons. The molecule has 1 unspecified atom stereocenters. The molecule has 0 aliphatic rings. The van der Waals surface area contributed by atoms with Crippen LogP contribution in [0.15, 0.2) is 12.2 Å². The fourth-order valence-corrected chi connectivity index (χ4v) is 1.56. The minimum Gasteiger partial charge on any atom is -0.295 e. The Morgan fingerprint density at radius 2 is 1.87 bits per heavy atom. The van der Waals surface area contributed by atoms with E-state index in [0.29, 0.717) is 0 Å². The van der Waals surface area contributed by atoms with Gasteiger partial charge < -0.3 is 0 Å². The van der Waals surface area contributed by atoms with Crippen molar-refractivity contribution < 1.29 is 4.79 Å². The lowest BCUT2D eigenvalue weighted by Crippen LogP contribution is -1.91. The summed E-state index contributed by atoms with van der Waals surface area (Å²) in [5.41, 5.74) is 0. The van der Waals surface area contributed by atoms with Crippen LogP contribution in [0.3, 0.4) is 0 Å². The zero-order valence-corrected chi connectivity index (χ0v) is 10.6. The van der Waals surface area contributed by atoms with Crippen molar-refractivity contribution in [3.8, 4) is 0 Å². The van der Waals surface area contributed by atoms with Crippen LogP contribution in [0.25, 0.3) is 0 Å². The van der Waals surface area contributed by atoms with Gasteiger partial charge in [-0.3, -0.25) is 4.79 Å². The molecular weight excluding hydrogens is 184 g/mol. The molecule has 0 saturated heterocycles. The Labute approximate surface area is 95.0 Å². The monoisotopic (exact) mass is 210 g/mol. The first-order valence-corrected chi connectivity index (χ1v) is 6.34. The molecule has 0 aromatic carbocycles. The standard InChI is InChI=1S/C14H26O/c1-4-13(2)11-9-7-5-6-8-10-12-14(3)15/h10,12-13H,4-9,11H2,1-3H3. The van der Waals surface area contributed by atoms with Gasteiger partial charge in [0.15, 0.2) is 5.78 Å². The molecule has 1 nitrogen and oxygen atoms in total. The fourth-order valence-electron chi connectivity index (χ4n) is 1.56. The van der Waals surface area contributed by atoms with Crippen LogP contribution in [0, 0.1) is 5.92 Å². The summed E-state index contributed by atoms with van der Waals surface area (Å²) < 4.78 is 0. The Bertz CT molecular complexity index is 182. The van der Waals surface area contributed by atoms with Gasteiger partial charge in [0.2, 0.25) is 0 Å². The van der Waals surface area contributed by atoms with Crippen LogP contribution < -0.4 is 0 Å². The summed E-state index contributed by atoms with van der Waals surface area (Å²) in [5.74, 6) is 1.05. The van der Waals surface area contributed by atoms with Gasteiger partial charge in [-0.1, -0.05) is 52.0 Å². The van der Waals surface area contributed by atoms with E-state index in [9.17, 15) is 4.79 Å². The highest BCUT2D eigenvalue weighted by Gasteiger charge is 1.97. The molecule has 0 aromatic rings. The van der Waals surface area contributed by atoms with Gasteiger partial charge in [0.05, 0.1) is 0 Å². The number of ketones is 1. The zero-order chi connectivity index (χ0) is 11.5. The lowest BCUT2D eigenvalue weighted by Gasteiger charge is -2.06. The Hall–Kier alpha value is -0.590. The van der Waals surface area contributed by atoms with Gasteiger partial charge in [0.25, 0.3) is 0 Å². The molecule has 88 valence electrons. The molecule has 0 saturated carbocycles. The van der Waals surface area contributed by atoms with Gasteiger partial charge in [0.1, 0.15) is 0 Å². The summed E-state index contributed by atoms with van der Waals surface area (Å²) in [6.45, 7) is 6.19. The Morgan fingerprint density at radius 1 is 1.20 bits per heavy atom. The maximum atomic E-state index is 10.6. The second-order valence-electron chi connectivity index (χ2n) is 4.52. The van der Waals surface area contributed by atoms with E-state index in [2.05, 4.69) is 13.8 Å². The van der Waals surface area contributed by atoms with Crippen molar-refractivity contribution in [3.05, 3.63) is 12.2 Å². The van der Waals surface area contributed by atoms with Gasteiger partial charge in [-0.2, -0.15) is 0 Å². The molecule has 0 fully saturated rings. The van der Waals surface area contributed by atoms with E-state index in [4.69, 9.17) is 0 Å². The summed E-state index contributed by atoms with van der Waals surface area (Å²) in [6.07, 6.45) is 12.7. The summed E-state index contributed by atoms with van der Waals surface area (Å²) >= 11 is 0. The molecular formula is C14H26O. The van der Waals surface area contributed by atoms with Crippen molar-refractivity contribution in [2.45, 2.75) is 65.7 Å². The smallest absolute Gasteiger partial charge is 0.152 e. The summed E-state index contributed by atoms with van der Waals surface area (Å²) in [4.78, 5) is 10.6. The first-order chi connectivity index (χ1) is 7.16. The fraction of sp³-hybridized carbons (Fsp3) is 0.786. The molecule has 0 amide bonds. The van der Waals surface area contributed by atoms with Crippen LogP contribution in [-0.4, -0.2) is 5.78 Å². The van der Waals surface area contributed by atoms with E-state index in [1.807, 2.05) is 6.08 Å². The molecule has 15 heavy (non-hydrogen) atoms. The van der Waals surface area contributed by atoms with Gasteiger partial charge in [0, 0.05) is 0 Å². The van der Waals surface area contributed by atoms with Crippen LogP contribution in [0.1, 0.15) is 65.7 Å².